The number of carboxylic acid groups (broad SMARTS) is 1. The van der Waals surface area contributed by atoms with E-state index in [9.17, 15) is 9.59 Å². The Kier molecular flexibility index (Phi) is 6.84. The summed E-state index contributed by atoms with van der Waals surface area (Å²) < 4.78 is 10.3. The van der Waals surface area contributed by atoms with Gasteiger partial charge in [-0.15, -0.1) is 0 Å². The Morgan fingerprint density at radius 3 is 2.41 bits per heavy atom. The minimum Gasteiger partial charge on any atom is -0.495 e. The Morgan fingerprint density at radius 2 is 1.81 bits per heavy atom. The van der Waals surface area contributed by atoms with Gasteiger partial charge in [0.15, 0.2) is 5.11 Å². The maximum atomic E-state index is 12.5. The highest BCUT2D eigenvalue weighted by Crippen LogP contribution is 2.32. The lowest BCUT2D eigenvalue weighted by Gasteiger charge is -2.15. The van der Waals surface area contributed by atoms with Crippen LogP contribution in [0, 0.1) is 0 Å². The smallest absolute Gasteiger partial charge is 0.335 e. The molecule has 0 saturated carbocycles. The van der Waals surface area contributed by atoms with Crippen molar-refractivity contribution in [1.29, 1.82) is 0 Å². The summed E-state index contributed by atoms with van der Waals surface area (Å²) in [5.74, 6) is -1.23. The van der Waals surface area contributed by atoms with E-state index in [4.69, 9.17) is 50.0 Å². The molecule has 7 nitrogen and oxygen atoms in total. The molecule has 2 aromatic carbocycles. The number of rotatable bonds is 5. The summed E-state index contributed by atoms with van der Waals surface area (Å²) >= 11 is 17.1. The number of carbonyl (C=O) groups is 2. The second kappa shape index (κ2) is 8.90. The van der Waals surface area contributed by atoms with Gasteiger partial charge in [0.05, 0.1) is 36.1 Å². The van der Waals surface area contributed by atoms with Crippen molar-refractivity contribution < 1.29 is 24.2 Å². The SMILES string of the molecule is COc1ccc(C(=O)O)cc1NC(=S)NC(=O)c1cc(Cl)cc(Cl)c1OC. The molecule has 0 aliphatic heterocycles. The van der Waals surface area contributed by atoms with Crippen molar-refractivity contribution in [1.82, 2.24) is 5.32 Å². The highest BCUT2D eigenvalue weighted by Gasteiger charge is 2.18. The van der Waals surface area contributed by atoms with E-state index >= 15 is 0 Å². The van der Waals surface area contributed by atoms with Gasteiger partial charge in [-0.25, -0.2) is 4.79 Å². The number of hydrogen-bond acceptors (Lipinski definition) is 5. The van der Waals surface area contributed by atoms with Crippen LogP contribution in [0.3, 0.4) is 0 Å². The number of nitrogens with one attached hydrogen (secondary N) is 2. The van der Waals surface area contributed by atoms with Gasteiger partial charge in [0, 0.05) is 5.02 Å². The first-order valence-electron chi connectivity index (χ1n) is 7.33. The summed E-state index contributed by atoms with van der Waals surface area (Å²) in [7, 11) is 2.78. The fraction of sp³-hybridized carbons (Fsp3) is 0.118. The van der Waals surface area contributed by atoms with Gasteiger partial charge in [-0.2, -0.15) is 0 Å². The van der Waals surface area contributed by atoms with Crippen LogP contribution in [0.25, 0.3) is 0 Å². The molecule has 1 amide bonds. The average molecular weight is 429 g/mol. The summed E-state index contributed by atoms with van der Waals surface area (Å²) in [5.41, 5.74) is 0.389. The van der Waals surface area contributed by atoms with Crippen LogP contribution in [-0.4, -0.2) is 36.3 Å². The molecule has 0 heterocycles. The molecule has 0 aromatic heterocycles. The molecule has 0 fully saturated rings. The first-order valence-corrected chi connectivity index (χ1v) is 8.50. The van der Waals surface area contributed by atoms with Gasteiger partial charge in [-0.1, -0.05) is 23.2 Å². The summed E-state index contributed by atoms with van der Waals surface area (Å²) in [4.78, 5) is 23.6. The van der Waals surface area contributed by atoms with E-state index in [0.717, 1.165) is 0 Å². The highest BCUT2D eigenvalue weighted by molar-refractivity contribution is 7.80. The van der Waals surface area contributed by atoms with Crippen LogP contribution in [0.15, 0.2) is 30.3 Å². The molecule has 3 N–H and O–H groups in total. The normalized spacial score (nSPS) is 10.1. The fourth-order valence-electron chi connectivity index (χ4n) is 2.20. The number of aromatic carboxylic acids is 1. The predicted molar refractivity (Wildman–Crippen MR) is 107 cm³/mol. The van der Waals surface area contributed by atoms with Gasteiger partial charge < -0.3 is 19.9 Å². The molecular weight excluding hydrogens is 415 g/mol. The molecular formula is C17H14Cl2N2O5S. The standard InChI is InChI=1S/C17H14Cl2N2O5S/c1-25-13-4-3-8(16(23)24)5-12(13)20-17(27)21-15(22)10-6-9(18)7-11(19)14(10)26-2/h3-7H,1-2H3,(H,23,24)(H2,20,21,22,27). The van der Waals surface area contributed by atoms with Gasteiger partial charge >= 0.3 is 5.97 Å². The molecule has 2 aromatic rings. The van der Waals surface area contributed by atoms with E-state index < -0.39 is 11.9 Å². The number of ether oxygens (including phenoxy) is 2. The van der Waals surface area contributed by atoms with Gasteiger partial charge in [0.25, 0.3) is 5.91 Å². The number of amides is 1. The molecule has 0 saturated heterocycles. The lowest BCUT2D eigenvalue weighted by Crippen LogP contribution is -2.34. The van der Waals surface area contributed by atoms with Crippen molar-refractivity contribution in [3.05, 3.63) is 51.5 Å². The molecule has 10 heteroatoms. The van der Waals surface area contributed by atoms with E-state index in [1.807, 2.05) is 0 Å². The van der Waals surface area contributed by atoms with Crippen molar-refractivity contribution in [3.63, 3.8) is 0 Å². The third kappa shape index (κ3) is 5.00. The molecule has 2 rings (SSSR count). The number of benzene rings is 2. The fourth-order valence-corrected chi connectivity index (χ4v) is 2.97. The summed E-state index contributed by atoms with van der Waals surface area (Å²) in [6, 6.07) is 7.01. The van der Waals surface area contributed by atoms with Crippen LogP contribution >= 0.6 is 35.4 Å². The van der Waals surface area contributed by atoms with Crippen molar-refractivity contribution in [2.75, 3.05) is 19.5 Å². The second-order valence-electron chi connectivity index (χ2n) is 5.10. The van der Waals surface area contributed by atoms with E-state index in [-0.39, 0.29) is 37.7 Å². The van der Waals surface area contributed by atoms with Gasteiger partial charge in [0.1, 0.15) is 11.5 Å². The number of thiocarbonyl (C=S) groups is 1. The number of halogens is 2. The number of hydrogen-bond donors (Lipinski definition) is 3. The number of methoxy groups -OCH3 is 2. The second-order valence-corrected chi connectivity index (χ2v) is 6.35. The lowest BCUT2D eigenvalue weighted by molar-refractivity contribution is 0.0696. The molecule has 0 atom stereocenters. The maximum absolute atomic E-state index is 12.5. The van der Waals surface area contributed by atoms with Gasteiger partial charge in [-0.3, -0.25) is 10.1 Å². The Labute approximate surface area is 170 Å². The van der Waals surface area contributed by atoms with E-state index in [2.05, 4.69) is 10.6 Å². The van der Waals surface area contributed by atoms with Crippen molar-refractivity contribution in [3.8, 4) is 11.5 Å². The Balaban J connectivity index is 2.23. The molecule has 0 spiro atoms. The third-order valence-electron chi connectivity index (χ3n) is 3.38. The van der Waals surface area contributed by atoms with Crippen LogP contribution in [0.2, 0.25) is 10.0 Å². The number of anilines is 1. The van der Waals surface area contributed by atoms with Gasteiger partial charge in [-0.05, 0) is 42.5 Å². The lowest BCUT2D eigenvalue weighted by atomic mass is 10.2. The molecule has 0 unspecified atom stereocenters. The molecule has 0 aliphatic carbocycles. The van der Waals surface area contributed by atoms with Crippen LogP contribution in [0.1, 0.15) is 20.7 Å². The zero-order valence-electron chi connectivity index (χ0n) is 14.1. The monoisotopic (exact) mass is 428 g/mol. The average Bonchev–Trinajstić information content (AvgIpc) is 2.60. The number of carbonyl (C=O) groups excluding carboxylic acids is 1. The minimum absolute atomic E-state index is 0.0238. The van der Waals surface area contributed by atoms with Crippen LogP contribution in [-0.2, 0) is 0 Å². The first kappa shape index (κ1) is 20.8. The zero-order valence-corrected chi connectivity index (χ0v) is 16.5. The highest BCUT2D eigenvalue weighted by atomic mass is 35.5. The zero-order chi connectivity index (χ0) is 20.1. The Morgan fingerprint density at radius 1 is 1.11 bits per heavy atom. The van der Waals surface area contributed by atoms with Gasteiger partial charge in [0.2, 0.25) is 0 Å². The minimum atomic E-state index is -1.12. The summed E-state index contributed by atoms with van der Waals surface area (Å²) in [6.07, 6.45) is 0. The van der Waals surface area contributed by atoms with Crippen molar-refractivity contribution >= 4 is 58.1 Å². The van der Waals surface area contributed by atoms with E-state index in [0.29, 0.717) is 5.75 Å². The molecule has 0 bridgehead atoms. The third-order valence-corrected chi connectivity index (χ3v) is 4.08. The first-order chi connectivity index (χ1) is 12.8. The van der Waals surface area contributed by atoms with Crippen molar-refractivity contribution in [2.24, 2.45) is 0 Å². The quantitative estimate of drug-likeness (QED) is 0.622. The number of carboxylic acids is 1. The summed E-state index contributed by atoms with van der Waals surface area (Å²) in [6.45, 7) is 0. The Hall–Kier alpha value is -2.55. The summed E-state index contributed by atoms with van der Waals surface area (Å²) in [5, 5.41) is 14.6. The van der Waals surface area contributed by atoms with E-state index in [1.54, 1.807) is 0 Å². The largest absolute Gasteiger partial charge is 0.495 e. The predicted octanol–water partition coefficient (Wildman–Crippen LogP) is 3.84. The maximum Gasteiger partial charge on any atom is 0.335 e. The molecule has 0 aliphatic rings. The van der Waals surface area contributed by atoms with Crippen LogP contribution < -0.4 is 20.1 Å². The van der Waals surface area contributed by atoms with E-state index in [1.165, 1.54) is 44.6 Å². The van der Waals surface area contributed by atoms with Crippen LogP contribution in [0.5, 0.6) is 11.5 Å². The molecule has 27 heavy (non-hydrogen) atoms. The van der Waals surface area contributed by atoms with Crippen molar-refractivity contribution in [2.45, 2.75) is 0 Å². The topological polar surface area (TPSA) is 96.9 Å². The molecule has 142 valence electrons. The Bertz CT molecular complexity index is 920. The molecule has 0 radical (unpaired) electrons. The van der Waals surface area contributed by atoms with Crippen LogP contribution in [0.4, 0.5) is 5.69 Å².